The minimum Gasteiger partial charge on any atom is -0.283 e. The summed E-state index contributed by atoms with van der Waals surface area (Å²) in [5.41, 5.74) is 2.74. The normalized spacial score (nSPS) is 10.9. The van der Waals surface area contributed by atoms with Crippen LogP contribution >= 0.6 is 23.2 Å². The number of benzene rings is 2. The standard InChI is InChI=1S/C13H8Cl2N2/c14-9-6-7-12-11(8-9)16-13(15)17(12)10-4-2-1-3-5-10/h1-8H. The molecule has 0 saturated carbocycles. The Labute approximate surface area is 108 Å². The molecule has 0 aliphatic rings. The van der Waals surface area contributed by atoms with E-state index in [1.54, 1.807) is 0 Å². The second-order valence-electron chi connectivity index (χ2n) is 3.68. The van der Waals surface area contributed by atoms with Crippen molar-refractivity contribution in [1.82, 2.24) is 9.55 Å². The minimum atomic E-state index is 0.438. The fourth-order valence-electron chi connectivity index (χ4n) is 1.85. The number of nitrogens with zero attached hydrogens (tertiary/aromatic N) is 2. The van der Waals surface area contributed by atoms with Crippen molar-refractivity contribution >= 4 is 34.2 Å². The number of halogens is 2. The number of para-hydroxylation sites is 1. The Balaban J connectivity index is 2.33. The van der Waals surface area contributed by atoms with Crippen LogP contribution in [0.2, 0.25) is 10.3 Å². The van der Waals surface area contributed by atoms with E-state index in [2.05, 4.69) is 4.98 Å². The average Bonchev–Trinajstić information content (AvgIpc) is 2.65. The third kappa shape index (κ3) is 1.79. The summed E-state index contributed by atoms with van der Waals surface area (Å²) < 4.78 is 1.90. The van der Waals surface area contributed by atoms with Gasteiger partial charge in [0.05, 0.1) is 11.0 Å². The van der Waals surface area contributed by atoms with Gasteiger partial charge in [0.1, 0.15) is 0 Å². The molecule has 0 amide bonds. The van der Waals surface area contributed by atoms with Gasteiger partial charge in [-0.3, -0.25) is 4.57 Å². The molecule has 0 unspecified atom stereocenters. The predicted molar refractivity (Wildman–Crippen MR) is 71.1 cm³/mol. The van der Waals surface area contributed by atoms with E-state index < -0.39 is 0 Å². The quantitative estimate of drug-likeness (QED) is 0.638. The van der Waals surface area contributed by atoms with Gasteiger partial charge in [0, 0.05) is 10.7 Å². The molecule has 3 rings (SSSR count). The maximum absolute atomic E-state index is 6.16. The number of imidazole rings is 1. The van der Waals surface area contributed by atoms with Crippen LogP contribution in [0.25, 0.3) is 16.7 Å². The number of rotatable bonds is 1. The van der Waals surface area contributed by atoms with Gasteiger partial charge >= 0.3 is 0 Å². The Kier molecular flexibility index (Phi) is 2.54. The van der Waals surface area contributed by atoms with Crippen molar-refractivity contribution in [1.29, 1.82) is 0 Å². The molecule has 2 aromatic carbocycles. The second kappa shape index (κ2) is 4.06. The van der Waals surface area contributed by atoms with Gasteiger partial charge in [0.25, 0.3) is 0 Å². The summed E-state index contributed by atoms with van der Waals surface area (Å²) in [5, 5.41) is 1.10. The van der Waals surface area contributed by atoms with Gasteiger partial charge in [-0.2, -0.15) is 0 Å². The Morgan fingerprint density at radius 2 is 1.71 bits per heavy atom. The van der Waals surface area contributed by atoms with Crippen LogP contribution in [0.3, 0.4) is 0 Å². The van der Waals surface area contributed by atoms with Crippen LogP contribution in [0.1, 0.15) is 0 Å². The number of fused-ring (bicyclic) bond motifs is 1. The molecular formula is C13H8Cl2N2. The lowest BCUT2D eigenvalue weighted by molar-refractivity contribution is 1.09. The highest BCUT2D eigenvalue weighted by atomic mass is 35.5. The summed E-state index contributed by atoms with van der Waals surface area (Å²) in [4.78, 5) is 4.29. The molecule has 0 radical (unpaired) electrons. The molecule has 0 aliphatic heterocycles. The molecule has 1 heterocycles. The topological polar surface area (TPSA) is 17.8 Å². The molecule has 0 bridgehead atoms. The molecule has 17 heavy (non-hydrogen) atoms. The monoisotopic (exact) mass is 262 g/mol. The maximum atomic E-state index is 6.16. The van der Waals surface area contributed by atoms with Gasteiger partial charge in [0.15, 0.2) is 0 Å². The van der Waals surface area contributed by atoms with Crippen molar-refractivity contribution < 1.29 is 0 Å². The molecule has 1 aromatic heterocycles. The van der Waals surface area contributed by atoms with E-state index >= 15 is 0 Å². The fourth-order valence-corrected chi connectivity index (χ4v) is 2.29. The highest BCUT2D eigenvalue weighted by Crippen LogP contribution is 2.26. The lowest BCUT2D eigenvalue weighted by atomic mass is 10.3. The first kappa shape index (κ1) is 10.6. The molecule has 0 N–H and O–H groups in total. The van der Waals surface area contributed by atoms with Crippen LogP contribution in [-0.2, 0) is 0 Å². The number of hydrogen-bond donors (Lipinski definition) is 0. The van der Waals surface area contributed by atoms with Gasteiger partial charge in [-0.25, -0.2) is 4.98 Å². The molecule has 2 nitrogen and oxygen atoms in total. The fraction of sp³-hybridized carbons (Fsp3) is 0. The van der Waals surface area contributed by atoms with Crippen molar-refractivity contribution in [3.05, 3.63) is 58.8 Å². The molecule has 0 saturated heterocycles. The Morgan fingerprint density at radius 1 is 0.941 bits per heavy atom. The molecule has 3 aromatic rings. The van der Waals surface area contributed by atoms with E-state index in [0.717, 1.165) is 16.7 Å². The lowest BCUT2D eigenvalue weighted by Crippen LogP contribution is -1.92. The van der Waals surface area contributed by atoms with Crippen molar-refractivity contribution in [2.75, 3.05) is 0 Å². The Hall–Kier alpha value is -1.51. The number of aromatic nitrogens is 2. The summed E-state index contributed by atoms with van der Waals surface area (Å²) in [6.45, 7) is 0. The summed E-state index contributed by atoms with van der Waals surface area (Å²) in [6.07, 6.45) is 0. The van der Waals surface area contributed by atoms with Crippen LogP contribution in [0.4, 0.5) is 0 Å². The van der Waals surface area contributed by atoms with Crippen LogP contribution in [0.15, 0.2) is 48.5 Å². The third-order valence-corrected chi connectivity index (χ3v) is 3.08. The van der Waals surface area contributed by atoms with Crippen LogP contribution in [0.5, 0.6) is 0 Å². The van der Waals surface area contributed by atoms with E-state index in [1.165, 1.54) is 0 Å². The zero-order chi connectivity index (χ0) is 11.8. The van der Waals surface area contributed by atoms with Gasteiger partial charge in [-0.1, -0.05) is 29.8 Å². The first-order chi connectivity index (χ1) is 8.25. The summed E-state index contributed by atoms with van der Waals surface area (Å²) >= 11 is 12.1. The van der Waals surface area contributed by atoms with E-state index in [1.807, 2.05) is 53.1 Å². The summed E-state index contributed by atoms with van der Waals surface area (Å²) in [6, 6.07) is 15.4. The van der Waals surface area contributed by atoms with Crippen LogP contribution in [-0.4, -0.2) is 9.55 Å². The second-order valence-corrected chi connectivity index (χ2v) is 4.46. The Morgan fingerprint density at radius 3 is 2.47 bits per heavy atom. The molecule has 84 valence electrons. The first-order valence-corrected chi connectivity index (χ1v) is 5.90. The number of hydrogen-bond acceptors (Lipinski definition) is 1. The summed E-state index contributed by atoms with van der Waals surface area (Å²) in [7, 11) is 0. The highest BCUT2D eigenvalue weighted by molar-refractivity contribution is 6.32. The predicted octanol–water partition coefficient (Wildman–Crippen LogP) is 4.33. The molecule has 0 aliphatic carbocycles. The largest absolute Gasteiger partial charge is 0.283 e. The SMILES string of the molecule is Clc1ccc2c(c1)nc(Cl)n2-c1ccccc1. The Bertz CT molecular complexity index is 674. The van der Waals surface area contributed by atoms with Gasteiger partial charge in [-0.15, -0.1) is 0 Å². The van der Waals surface area contributed by atoms with Gasteiger partial charge in [-0.05, 0) is 41.9 Å². The van der Waals surface area contributed by atoms with Crippen LogP contribution < -0.4 is 0 Å². The maximum Gasteiger partial charge on any atom is 0.208 e. The zero-order valence-corrected chi connectivity index (χ0v) is 10.3. The van der Waals surface area contributed by atoms with Crippen molar-refractivity contribution in [2.24, 2.45) is 0 Å². The molecule has 4 heteroatoms. The van der Waals surface area contributed by atoms with Gasteiger partial charge in [0.2, 0.25) is 5.28 Å². The van der Waals surface area contributed by atoms with Crippen molar-refractivity contribution in [3.8, 4) is 5.69 Å². The smallest absolute Gasteiger partial charge is 0.208 e. The molecule has 0 spiro atoms. The average molecular weight is 263 g/mol. The summed E-state index contributed by atoms with van der Waals surface area (Å²) in [5.74, 6) is 0. The van der Waals surface area contributed by atoms with Gasteiger partial charge < -0.3 is 0 Å². The van der Waals surface area contributed by atoms with Crippen LogP contribution in [0, 0.1) is 0 Å². The third-order valence-electron chi connectivity index (χ3n) is 2.59. The van der Waals surface area contributed by atoms with Crippen molar-refractivity contribution in [3.63, 3.8) is 0 Å². The highest BCUT2D eigenvalue weighted by Gasteiger charge is 2.10. The first-order valence-electron chi connectivity index (χ1n) is 5.14. The molecular weight excluding hydrogens is 255 g/mol. The van der Waals surface area contributed by atoms with E-state index in [4.69, 9.17) is 23.2 Å². The van der Waals surface area contributed by atoms with E-state index in [-0.39, 0.29) is 0 Å². The van der Waals surface area contributed by atoms with E-state index in [0.29, 0.717) is 10.3 Å². The minimum absolute atomic E-state index is 0.438. The molecule has 0 atom stereocenters. The van der Waals surface area contributed by atoms with Crippen molar-refractivity contribution in [2.45, 2.75) is 0 Å². The zero-order valence-electron chi connectivity index (χ0n) is 8.77. The van der Waals surface area contributed by atoms with E-state index in [9.17, 15) is 0 Å². The molecule has 0 fully saturated rings. The lowest BCUT2D eigenvalue weighted by Gasteiger charge is -2.04.